The Morgan fingerprint density at radius 2 is 1.72 bits per heavy atom. The van der Waals surface area contributed by atoms with Gasteiger partial charge in [-0.15, -0.1) is 0 Å². The van der Waals surface area contributed by atoms with Crippen LogP contribution in [0.1, 0.15) is 22.7 Å². The Morgan fingerprint density at radius 1 is 1.06 bits per heavy atom. The van der Waals surface area contributed by atoms with Crippen molar-refractivity contribution in [3.63, 3.8) is 0 Å². The standard InChI is InChI=1S/C24H23ClN2O4S/c1-16-8-10-18(11-9-16)23(17-6-4-3-5-7-17)26-24(28)22-15-27(32(2,29)30)20-14-19(25)12-13-21(20)31-22/h3-14,22-23H,15H2,1-2H3,(H,26,28)/t22-,23-/m1/s1. The molecule has 3 aromatic carbocycles. The highest BCUT2D eigenvalue weighted by atomic mass is 35.5. The van der Waals surface area contributed by atoms with Gasteiger partial charge in [-0.2, -0.15) is 0 Å². The number of amides is 1. The quantitative estimate of drug-likeness (QED) is 0.609. The fraction of sp³-hybridized carbons (Fsp3) is 0.208. The summed E-state index contributed by atoms with van der Waals surface area (Å²) < 4.78 is 31.9. The van der Waals surface area contributed by atoms with Crippen molar-refractivity contribution in [2.75, 3.05) is 17.1 Å². The molecule has 0 radical (unpaired) electrons. The van der Waals surface area contributed by atoms with Crippen molar-refractivity contribution in [2.45, 2.75) is 19.1 Å². The van der Waals surface area contributed by atoms with E-state index in [1.165, 1.54) is 6.07 Å². The van der Waals surface area contributed by atoms with E-state index in [2.05, 4.69) is 5.32 Å². The number of nitrogens with zero attached hydrogens (tertiary/aromatic N) is 1. The first-order valence-corrected chi connectivity index (χ1v) is 12.3. The molecule has 2 atom stereocenters. The maximum Gasteiger partial charge on any atom is 0.263 e. The normalized spacial score (nSPS) is 16.6. The van der Waals surface area contributed by atoms with E-state index in [-0.39, 0.29) is 12.3 Å². The monoisotopic (exact) mass is 470 g/mol. The van der Waals surface area contributed by atoms with Crippen LogP contribution in [0.25, 0.3) is 0 Å². The second-order valence-electron chi connectivity index (χ2n) is 7.78. The molecule has 0 saturated heterocycles. The number of fused-ring (bicyclic) bond motifs is 1. The molecule has 0 saturated carbocycles. The van der Waals surface area contributed by atoms with Crippen molar-refractivity contribution >= 4 is 33.2 Å². The van der Waals surface area contributed by atoms with Gasteiger partial charge >= 0.3 is 0 Å². The molecule has 6 nitrogen and oxygen atoms in total. The van der Waals surface area contributed by atoms with E-state index in [0.29, 0.717) is 10.7 Å². The lowest BCUT2D eigenvalue weighted by Crippen LogP contribution is -2.51. The maximum absolute atomic E-state index is 13.3. The van der Waals surface area contributed by atoms with Crippen LogP contribution in [0.2, 0.25) is 5.02 Å². The Hall–Kier alpha value is -3.03. The number of anilines is 1. The van der Waals surface area contributed by atoms with Gasteiger partial charge in [-0.3, -0.25) is 9.10 Å². The average Bonchev–Trinajstić information content (AvgIpc) is 2.77. The third-order valence-corrected chi connectivity index (χ3v) is 6.70. The van der Waals surface area contributed by atoms with Gasteiger partial charge in [0, 0.05) is 5.02 Å². The van der Waals surface area contributed by atoms with Gasteiger partial charge in [0.15, 0.2) is 6.10 Å². The summed E-state index contributed by atoms with van der Waals surface area (Å²) in [5, 5.41) is 3.42. The lowest BCUT2D eigenvalue weighted by molar-refractivity contribution is -0.128. The van der Waals surface area contributed by atoms with Gasteiger partial charge in [0.25, 0.3) is 5.91 Å². The van der Waals surface area contributed by atoms with Crippen molar-refractivity contribution in [1.29, 1.82) is 0 Å². The molecule has 0 bridgehead atoms. The summed E-state index contributed by atoms with van der Waals surface area (Å²) in [6, 6.07) is 21.8. The largest absolute Gasteiger partial charge is 0.476 e. The molecule has 1 N–H and O–H groups in total. The van der Waals surface area contributed by atoms with Crippen molar-refractivity contribution in [1.82, 2.24) is 5.32 Å². The Bertz CT molecular complexity index is 1230. The van der Waals surface area contributed by atoms with E-state index < -0.39 is 28.1 Å². The number of hydrogen-bond acceptors (Lipinski definition) is 4. The molecular weight excluding hydrogens is 448 g/mol. The lowest BCUT2D eigenvalue weighted by atomic mass is 9.97. The number of nitrogens with one attached hydrogen (secondary N) is 1. The summed E-state index contributed by atoms with van der Waals surface area (Å²) >= 11 is 6.05. The van der Waals surface area contributed by atoms with E-state index >= 15 is 0 Å². The summed E-state index contributed by atoms with van der Waals surface area (Å²) in [6.07, 6.45) is 0.0758. The van der Waals surface area contributed by atoms with Crippen LogP contribution < -0.4 is 14.4 Å². The van der Waals surface area contributed by atoms with Crippen LogP contribution in [0.4, 0.5) is 5.69 Å². The number of aryl methyl sites for hydroxylation is 1. The highest BCUT2D eigenvalue weighted by molar-refractivity contribution is 7.92. The topological polar surface area (TPSA) is 75.7 Å². The van der Waals surface area contributed by atoms with E-state index in [1.54, 1.807) is 12.1 Å². The average molecular weight is 471 g/mol. The van der Waals surface area contributed by atoms with Crippen molar-refractivity contribution in [3.8, 4) is 5.75 Å². The molecule has 166 valence electrons. The zero-order valence-electron chi connectivity index (χ0n) is 17.7. The summed E-state index contributed by atoms with van der Waals surface area (Å²) in [5.74, 6) is -0.119. The van der Waals surface area contributed by atoms with Gasteiger partial charge in [-0.05, 0) is 36.2 Å². The number of carbonyl (C=O) groups excluding carboxylic acids is 1. The Morgan fingerprint density at radius 3 is 2.38 bits per heavy atom. The minimum atomic E-state index is -3.65. The molecule has 0 aromatic heterocycles. The Labute approximate surface area is 192 Å². The summed E-state index contributed by atoms with van der Waals surface area (Å²) in [7, 11) is -3.65. The number of benzene rings is 3. The van der Waals surface area contributed by atoms with Crippen molar-refractivity contribution in [2.24, 2.45) is 0 Å². The minimum Gasteiger partial charge on any atom is -0.476 e. The van der Waals surface area contributed by atoms with E-state index in [4.69, 9.17) is 16.3 Å². The van der Waals surface area contributed by atoms with Crippen LogP contribution in [0, 0.1) is 6.92 Å². The first-order valence-electron chi connectivity index (χ1n) is 10.1. The predicted molar refractivity (Wildman–Crippen MR) is 126 cm³/mol. The molecule has 4 rings (SSSR count). The third-order valence-electron chi connectivity index (χ3n) is 5.31. The zero-order chi connectivity index (χ0) is 22.9. The molecule has 3 aromatic rings. The molecule has 0 unspecified atom stereocenters. The van der Waals surface area contributed by atoms with E-state index in [0.717, 1.165) is 27.3 Å². The molecule has 32 heavy (non-hydrogen) atoms. The van der Waals surface area contributed by atoms with Crippen LogP contribution in [-0.2, 0) is 14.8 Å². The van der Waals surface area contributed by atoms with Crippen LogP contribution in [0.5, 0.6) is 5.75 Å². The smallest absolute Gasteiger partial charge is 0.263 e. The summed E-state index contributed by atoms with van der Waals surface area (Å²) in [4.78, 5) is 13.3. The predicted octanol–water partition coefficient (Wildman–Crippen LogP) is 4.08. The molecule has 1 amide bonds. The van der Waals surface area contributed by atoms with Crippen LogP contribution in [0.15, 0.2) is 72.8 Å². The van der Waals surface area contributed by atoms with Gasteiger partial charge in [-0.1, -0.05) is 71.8 Å². The third kappa shape index (κ3) is 4.74. The van der Waals surface area contributed by atoms with Gasteiger partial charge in [-0.25, -0.2) is 8.42 Å². The second kappa shape index (κ2) is 8.84. The molecule has 8 heteroatoms. The molecular formula is C24H23ClN2O4S. The molecule has 1 aliphatic heterocycles. The van der Waals surface area contributed by atoms with E-state index in [1.807, 2.05) is 61.5 Å². The lowest BCUT2D eigenvalue weighted by Gasteiger charge is -2.34. The molecule has 0 fully saturated rings. The molecule has 1 aliphatic rings. The number of sulfonamides is 1. The highest BCUT2D eigenvalue weighted by Crippen LogP contribution is 2.37. The fourth-order valence-corrected chi connectivity index (χ4v) is 4.75. The van der Waals surface area contributed by atoms with Crippen LogP contribution in [0.3, 0.4) is 0 Å². The van der Waals surface area contributed by atoms with Gasteiger partial charge in [0.05, 0.1) is 24.5 Å². The number of halogens is 1. The molecule has 0 aliphatic carbocycles. The highest BCUT2D eigenvalue weighted by Gasteiger charge is 2.36. The van der Waals surface area contributed by atoms with Crippen LogP contribution in [-0.4, -0.2) is 33.2 Å². The summed E-state index contributed by atoms with van der Waals surface area (Å²) in [5.41, 5.74) is 3.26. The summed E-state index contributed by atoms with van der Waals surface area (Å²) in [6.45, 7) is 1.85. The molecule has 1 heterocycles. The fourth-order valence-electron chi connectivity index (χ4n) is 3.67. The van der Waals surface area contributed by atoms with Crippen molar-refractivity contribution < 1.29 is 17.9 Å². The maximum atomic E-state index is 13.3. The Balaban J connectivity index is 1.65. The van der Waals surface area contributed by atoms with Crippen LogP contribution >= 0.6 is 11.6 Å². The van der Waals surface area contributed by atoms with Gasteiger partial charge in [0.1, 0.15) is 5.75 Å². The second-order valence-corrected chi connectivity index (χ2v) is 10.1. The number of rotatable bonds is 5. The first kappa shape index (κ1) is 22.2. The van der Waals surface area contributed by atoms with E-state index in [9.17, 15) is 13.2 Å². The number of carbonyl (C=O) groups is 1. The number of hydrogen-bond donors (Lipinski definition) is 1. The molecule has 0 spiro atoms. The minimum absolute atomic E-state index is 0.145. The van der Waals surface area contributed by atoms with Gasteiger partial charge in [0.2, 0.25) is 10.0 Å². The first-order chi connectivity index (χ1) is 15.2. The SMILES string of the molecule is Cc1ccc([C@H](NC(=O)[C@H]2CN(S(C)(=O)=O)c3cc(Cl)ccc3O2)c2ccccc2)cc1. The van der Waals surface area contributed by atoms with Crippen molar-refractivity contribution in [3.05, 3.63) is 94.5 Å². The van der Waals surface area contributed by atoms with Gasteiger partial charge < -0.3 is 10.1 Å². The zero-order valence-corrected chi connectivity index (χ0v) is 19.2. The Kier molecular flexibility index (Phi) is 6.13. The number of ether oxygens (including phenoxy) is 1.